The maximum Gasteiger partial charge on any atom is 0.145 e. The Hall–Kier alpha value is -1.61. The van der Waals surface area contributed by atoms with Gasteiger partial charge in [0.05, 0.1) is 0 Å². The molecule has 2 N–H and O–H groups in total. The van der Waals surface area contributed by atoms with Gasteiger partial charge in [-0.3, -0.25) is 0 Å². The summed E-state index contributed by atoms with van der Waals surface area (Å²) in [5, 5.41) is 0. The number of ether oxygens (including phenoxy) is 1. The zero-order valence-electron chi connectivity index (χ0n) is 12.7. The minimum atomic E-state index is -0.401. The van der Waals surface area contributed by atoms with E-state index in [0.717, 1.165) is 31.5 Å². The van der Waals surface area contributed by atoms with Gasteiger partial charge in [0.25, 0.3) is 0 Å². The largest absolute Gasteiger partial charge is 0.370 e. The van der Waals surface area contributed by atoms with E-state index in [2.05, 4.69) is 23.0 Å². The first-order valence-corrected chi connectivity index (χ1v) is 7.64. The summed E-state index contributed by atoms with van der Waals surface area (Å²) >= 11 is 0. The molecule has 1 heterocycles. The molecule has 4 heteroatoms. The van der Waals surface area contributed by atoms with Gasteiger partial charge < -0.3 is 15.4 Å². The number of benzene rings is 1. The Morgan fingerprint density at radius 1 is 1.38 bits per heavy atom. The highest BCUT2D eigenvalue weighted by Crippen LogP contribution is 2.40. The molecule has 0 bridgehead atoms. The van der Waals surface area contributed by atoms with Gasteiger partial charge in [0.1, 0.15) is 17.2 Å². The fourth-order valence-electron chi connectivity index (χ4n) is 3.02. The Morgan fingerprint density at radius 2 is 2.14 bits per heavy atom. The van der Waals surface area contributed by atoms with Crippen molar-refractivity contribution in [3.05, 3.63) is 41.6 Å². The highest BCUT2D eigenvalue weighted by atomic mass is 16.5. The standard InChI is InChI=1S/C17H24N2O2/c1-2-21-17(15-7-4-3-5-8-15)9-12-19(11-6-10-18)16(13-17)14-20/h3-5,7-8H,2,6,9-13,18H2,1H3. The SMILES string of the molecule is CCOC1(c2ccccc2)CCN(CCCN)C(=C=O)C1. The summed E-state index contributed by atoms with van der Waals surface area (Å²) in [6.45, 7) is 4.88. The minimum absolute atomic E-state index is 0.401. The Bertz CT molecular complexity index is 497. The second-order valence-corrected chi connectivity index (χ2v) is 5.40. The van der Waals surface area contributed by atoms with Crippen LogP contribution >= 0.6 is 0 Å². The molecule has 1 unspecified atom stereocenters. The first-order valence-electron chi connectivity index (χ1n) is 7.64. The minimum Gasteiger partial charge on any atom is -0.370 e. The summed E-state index contributed by atoms with van der Waals surface area (Å²) in [5.74, 6) is 2.12. The summed E-state index contributed by atoms with van der Waals surface area (Å²) < 4.78 is 6.09. The first-order chi connectivity index (χ1) is 10.3. The Balaban J connectivity index is 2.23. The van der Waals surface area contributed by atoms with Crippen molar-refractivity contribution in [2.75, 3.05) is 26.2 Å². The molecule has 1 aliphatic rings. The lowest BCUT2D eigenvalue weighted by Crippen LogP contribution is -2.43. The van der Waals surface area contributed by atoms with Crippen LogP contribution in [0.5, 0.6) is 0 Å². The third-order valence-electron chi connectivity index (χ3n) is 4.09. The molecule has 1 atom stereocenters. The van der Waals surface area contributed by atoms with Crippen molar-refractivity contribution in [2.45, 2.75) is 31.8 Å². The number of nitrogens with two attached hydrogens (primary N) is 1. The van der Waals surface area contributed by atoms with Crippen molar-refractivity contribution in [3.8, 4) is 0 Å². The fourth-order valence-corrected chi connectivity index (χ4v) is 3.02. The molecule has 2 rings (SSSR count). The van der Waals surface area contributed by atoms with Crippen molar-refractivity contribution < 1.29 is 9.53 Å². The molecule has 4 nitrogen and oxygen atoms in total. The average molecular weight is 288 g/mol. The Labute approximate surface area is 126 Å². The molecule has 0 saturated carbocycles. The average Bonchev–Trinajstić information content (AvgIpc) is 2.54. The highest BCUT2D eigenvalue weighted by molar-refractivity contribution is 5.53. The topological polar surface area (TPSA) is 55.6 Å². The zero-order valence-corrected chi connectivity index (χ0v) is 12.7. The van der Waals surface area contributed by atoms with E-state index < -0.39 is 5.60 Å². The van der Waals surface area contributed by atoms with Crippen LogP contribution in [0.3, 0.4) is 0 Å². The van der Waals surface area contributed by atoms with Crippen LogP contribution in [0.25, 0.3) is 0 Å². The lowest BCUT2D eigenvalue weighted by Gasteiger charge is -2.43. The third kappa shape index (κ3) is 3.53. The van der Waals surface area contributed by atoms with E-state index in [9.17, 15) is 4.79 Å². The molecular formula is C17H24N2O2. The molecule has 1 aliphatic heterocycles. The van der Waals surface area contributed by atoms with Gasteiger partial charge >= 0.3 is 0 Å². The van der Waals surface area contributed by atoms with Crippen molar-refractivity contribution in [3.63, 3.8) is 0 Å². The molecule has 0 amide bonds. The van der Waals surface area contributed by atoms with Gasteiger partial charge in [-0.05, 0) is 31.9 Å². The van der Waals surface area contributed by atoms with Gasteiger partial charge in [0.15, 0.2) is 0 Å². The van der Waals surface area contributed by atoms with Gasteiger partial charge in [-0.2, -0.15) is 0 Å². The number of likely N-dealkylation sites (tertiary alicyclic amines) is 1. The molecule has 0 radical (unpaired) electrons. The summed E-state index contributed by atoms with van der Waals surface area (Å²) in [5.41, 5.74) is 7.00. The lowest BCUT2D eigenvalue weighted by molar-refractivity contribution is -0.0715. The van der Waals surface area contributed by atoms with Crippen molar-refractivity contribution in [1.29, 1.82) is 0 Å². The van der Waals surface area contributed by atoms with Gasteiger partial charge in [0.2, 0.25) is 0 Å². The molecular weight excluding hydrogens is 264 g/mol. The van der Waals surface area contributed by atoms with Crippen molar-refractivity contribution in [2.24, 2.45) is 5.73 Å². The van der Waals surface area contributed by atoms with Crippen LogP contribution in [0.15, 0.2) is 36.0 Å². The second-order valence-electron chi connectivity index (χ2n) is 5.40. The van der Waals surface area contributed by atoms with E-state index in [1.807, 2.05) is 25.1 Å². The predicted octanol–water partition coefficient (Wildman–Crippen LogP) is 2.08. The van der Waals surface area contributed by atoms with E-state index in [1.54, 1.807) is 0 Å². The van der Waals surface area contributed by atoms with Crippen LogP contribution in [0.2, 0.25) is 0 Å². The molecule has 21 heavy (non-hydrogen) atoms. The summed E-state index contributed by atoms with van der Waals surface area (Å²) in [4.78, 5) is 13.5. The quantitative estimate of drug-likeness (QED) is 0.814. The summed E-state index contributed by atoms with van der Waals surface area (Å²) in [7, 11) is 0. The van der Waals surface area contributed by atoms with Crippen LogP contribution < -0.4 is 5.73 Å². The normalized spacial score (nSPS) is 22.2. The van der Waals surface area contributed by atoms with Crippen molar-refractivity contribution >= 4 is 5.94 Å². The highest BCUT2D eigenvalue weighted by Gasteiger charge is 2.39. The van der Waals surface area contributed by atoms with Crippen LogP contribution in [-0.4, -0.2) is 37.1 Å². The van der Waals surface area contributed by atoms with E-state index in [-0.39, 0.29) is 0 Å². The lowest BCUT2D eigenvalue weighted by atomic mass is 9.82. The Morgan fingerprint density at radius 3 is 2.76 bits per heavy atom. The zero-order chi connectivity index (χ0) is 15.1. The maximum atomic E-state index is 11.4. The monoisotopic (exact) mass is 288 g/mol. The third-order valence-corrected chi connectivity index (χ3v) is 4.09. The van der Waals surface area contributed by atoms with Crippen LogP contribution in [0.4, 0.5) is 0 Å². The molecule has 0 aliphatic carbocycles. The molecule has 1 fully saturated rings. The van der Waals surface area contributed by atoms with Crippen LogP contribution in [0, 0.1) is 0 Å². The number of carbonyl (C=O) groups excluding carboxylic acids is 1. The molecule has 0 aromatic heterocycles. The van der Waals surface area contributed by atoms with E-state index in [4.69, 9.17) is 10.5 Å². The maximum absolute atomic E-state index is 11.4. The first kappa shape index (κ1) is 15.8. The molecule has 1 aromatic carbocycles. The van der Waals surface area contributed by atoms with Gasteiger partial charge in [0, 0.05) is 26.1 Å². The summed E-state index contributed by atoms with van der Waals surface area (Å²) in [6, 6.07) is 10.2. The van der Waals surface area contributed by atoms with Gasteiger partial charge in [-0.25, -0.2) is 4.79 Å². The van der Waals surface area contributed by atoms with Crippen molar-refractivity contribution in [1.82, 2.24) is 4.90 Å². The van der Waals surface area contributed by atoms with E-state index in [0.29, 0.717) is 25.3 Å². The van der Waals surface area contributed by atoms with E-state index in [1.165, 1.54) is 0 Å². The van der Waals surface area contributed by atoms with Crippen LogP contribution in [0.1, 0.15) is 31.7 Å². The number of piperidine rings is 1. The summed E-state index contributed by atoms with van der Waals surface area (Å²) in [6.07, 6.45) is 2.34. The van der Waals surface area contributed by atoms with E-state index >= 15 is 0 Å². The smallest absolute Gasteiger partial charge is 0.145 e. The number of rotatable bonds is 6. The fraction of sp³-hybridized carbons (Fsp3) is 0.529. The number of hydrogen-bond acceptors (Lipinski definition) is 4. The molecule has 114 valence electrons. The Kier molecular flexibility index (Phi) is 5.57. The second kappa shape index (κ2) is 7.41. The predicted molar refractivity (Wildman–Crippen MR) is 83.4 cm³/mol. The molecule has 1 saturated heterocycles. The number of nitrogens with zero attached hydrogens (tertiary/aromatic N) is 1. The molecule has 1 aromatic rings. The van der Waals surface area contributed by atoms with Gasteiger partial charge in [-0.15, -0.1) is 0 Å². The number of hydrogen-bond donors (Lipinski definition) is 1. The van der Waals surface area contributed by atoms with Gasteiger partial charge in [-0.1, -0.05) is 30.3 Å². The molecule has 0 spiro atoms. The van der Waals surface area contributed by atoms with Crippen LogP contribution in [-0.2, 0) is 15.1 Å².